The van der Waals surface area contributed by atoms with Gasteiger partial charge < -0.3 is 10.5 Å². The molecule has 0 aromatic heterocycles. The van der Waals surface area contributed by atoms with Crippen LogP contribution in [0.2, 0.25) is 0 Å². The molecule has 0 radical (unpaired) electrons. The van der Waals surface area contributed by atoms with Crippen LogP contribution in [0.1, 0.15) is 29.5 Å². The standard InChI is InChI=1S/C14H21NO/c1-11-12(2)14(16-3)9-8-13(11)7-5-4-6-10-15/h5,7-9H,4,6,10,15H2,1-3H3/b7-5+. The van der Waals surface area contributed by atoms with Crippen molar-refractivity contribution in [2.75, 3.05) is 13.7 Å². The molecule has 2 N–H and O–H groups in total. The summed E-state index contributed by atoms with van der Waals surface area (Å²) >= 11 is 0. The molecule has 0 unspecified atom stereocenters. The molecule has 0 fully saturated rings. The molecule has 0 aliphatic rings. The minimum atomic E-state index is 0.755. The van der Waals surface area contributed by atoms with Crippen molar-refractivity contribution in [2.45, 2.75) is 26.7 Å². The zero-order valence-electron chi connectivity index (χ0n) is 10.4. The van der Waals surface area contributed by atoms with Crippen molar-refractivity contribution in [3.8, 4) is 5.75 Å². The number of unbranched alkanes of at least 4 members (excludes halogenated alkanes) is 1. The largest absolute Gasteiger partial charge is 0.496 e. The number of nitrogens with two attached hydrogens (primary N) is 1. The Hall–Kier alpha value is -1.28. The lowest BCUT2D eigenvalue weighted by atomic mass is 10.0. The first-order valence-electron chi connectivity index (χ1n) is 5.71. The predicted octanol–water partition coefficient (Wildman–Crippen LogP) is 3.06. The Morgan fingerprint density at radius 3 is 2.62 bits per heavy atom. The van der Waals surface area contributed by atoms with Crippen LogP contribution in [0.25, 0.3) is 6.08 Å². The van der Waals surface area contributed by atoms with Crippen LogP contribution in [-0.4, -0.2) is 13.7 Å². The van der Waals surface area contributed by atoms with Gasteiger partial charge in [0.2, 0.25) is 0 Å². The molecule has 0 spiro atoms. The Bertz CT molecular complexity index is 369. The van der Waals surface area contributed by atoms with Gasteiger partial charge in [-0.2, -0.15) is 0 Å². The van der Waals surface area contributed by atoms with Gasteiger partial charge in [0.1, 0.15) is 5.75 Å². The molecule has 0 amide bonds. The fourth-order valence-electron chi connectivity index (χ4n) is 1.66. The Balaban J connectivity index is 2.82. The summed E-state index contributed by atoms with van der Waals surface area (Å²) in [5.41, 5.74) is 9.20. The minimum Gasteiger partial charge on any atom is -0.496 e. The zero-order valence-corrected chi connectivity index (χ0v) is 10.4. The van der Waals surface area contributed by atoms with Gasteiger partial charge in [0.25, 0.3) is 0 Å². The minimum absolute atomic E-state index is 0.755. The van der Waals surface area contributed by atoms with Crippen LogP contribution < -0.4 is 10.5 Å². The van der Waals surface area contributed by atoms with Crippen LogP contribution in [-0.2, 0) is 0 Å². The third-order valence-corrected chi connectivity index (χ3v) is 2.87. The van der Waals surface area contributed by atoms with Gasteiger partial charge in [-0.3, -0.25) is 0 Å². The van der Waals surface area contributed by atoms with Gasteiger partial charge in [-0.15, -0.1) is 0 Å². The summed E-state index contributed by atoms with van der Waals surface area (Å²) < 4.78 is 5.28. The lowest BCUT2D eigenvalue weighted by Crippen LogP contribution is -1.96. The topological polar surface area (TPSA) is 35.2 Å². The molecule has 0 atom stereocenters. The Morgan fingerprint density at radius 1 is 1.25 bits per heavy atom. The van der Waals surface area contributed by atoms with E-state index in [-0.39, 0.29) is 0 Å². The second-order valence-electron chi connectivity index (χ2n) is 3.94. The van der Waals surface area contributed by atoms with Gasteiger partial charge in [-0.1, -0.05) is 18.2 Å². The molecule has 2 nitrogen and oxygen atoms in total. The van der Waals surface area contributed by atoms with Crippen LogP contribution in [0.5, 0.6) is 5.75 Å². The van der Waals surface area contributed by atoms with E-state index in [0.29, 0.717) is 0 Å². The number of ether oxygens (including phenoxy) is 1. The molecule has 88 valence electrons. The first kappa shape index (κ1) is 12.8. The molecule has 0 aliphatic heterocycles. The molecular weight excluding hydrogens is 198 g/mol. The summed E-state index contributed by atoms with van der Waals surface area (Å²) in [6.45, 7) is 4.97. The van der Waals surface area contributed by atoms with E-state index >= 15 is 0 Å². The van der Waals surface area contributed by atoms with Crippen LogP contribution in [0.3, 0.4) is 0 Å². The summed E-state index contributed by atoms with van der Waals surface area (Å²) in [7, 11) is 1.71. The zero-order chi connectivity index (χ0) is 12.0. The summed E-state index contributed by atoms with van der Waals surface area (Å²) in [5, 5.41) is 0. The van der Waals surface area contributed by atoms with E-state index in [2.05, 4.69) is 32.1 Å². The van der Waals surface area contributed by atoms with E-state index in [1.807, 2.05) is 6.07 Å². The Morgan fingerprint density at radius 2 is 2.00 bits per heavy atom. The number of hydrogen-bond donors (Lipinski definition) is 1. The van der Waals surface area contributed by atoms with Gasteiger partial charge in [-0.05, 0) is 56.0 Å². The highest BCUT2D eigenvalue weighted by molar-refractivity contribution is 5.58. The molecule has 2 heteroatoms. The molecule has 0 saturated heterocycles. The van der Waals surface area contributed by atoms with Crippen molar-refractivity contribution < 1.29 is 4.74 Å². The van der Waals surface area contributed by atoms with Crippen molar-refractivity contribution in [1.29, 1.82) is 0 Å². The summed E-state index contributed by atoms with van der Waals surface area (Å²) in [6, 6.07) is 4.12. The first-order valence-corrected chi connectivity index (χ1v) is 5.71. The maximum Gasteiger partial charge on any atom is 0.122 e. The van der Waals surface area contributed by atoms with Crippen LogP contribution in [0, 0.1) is 13.8 Å². The molecule has 0 saturated carbocycles. The van der Waals surface area contributed by atoms with Crippen LogP contribution in [0.4, 0.5) is 0 Å². The molecule has 16 heavy (non-hydrogen) atoms. The van der Waals surface area contributed by atoms with Gasteiger partial charge >= 0.3 is 0 Å². The molecule has 0 heterocycles. The van der Waals surface area contributed by atoms with E-state index in [1.54, 1.807) is 7.11 Å². The average Bonchev–Trinajstić information content (AvgIpc) is 2.30. The maximum absolute atomic E-state index is 5.45. The van der Waals surface area contributed by atoms with Crippen molar-refractivity contribution in [3.05, 3.63) is 34.9 Å². The number of methoxy groups -OCH3 is 1. The van der Waals surface area contributed by atoms with Crippen molar-refractivity contribution in [1.82, 2.24) is 0 Å². The summed E-state index contributed by atoms with van der Waals surface area (Å²) in [5.74, 6) is 0.955. The molecule has 1 aromatic rings. The molecule has 0 aliphatic carbocycles. The van der Waals surface area contributed by atoms with E-state index in [4.69, 9.17) is 10.5 Å². The number of benzene rings is 1. The van der Waals surface area contributed by atoms with Crippen LogP contribution >= 0.6 is 0 Å². The maximum atomic E-state index is 5.45. The van der Waals surface area contributed by atoms with Gasteiger partial charge in [0.05, 0.1) is 7.11 Å². The second-order valence-corrected chi connectivity index (χ2v) is 3.94. The molecule has 1 aromatic carbocycles. The van der Waals surface area contributed by atoms with Gasteiger partial charge in [-0.25, -0.2) is 0 Å². The number of rotatable bonds is 5. The fraction of sp³-hybridized carbons (Fsp3) is 0.429. The van der Waals surface area contributed by atoms with Crippen molar-refractivity contribution in [3.63, 3.8) is 0 Å². The van der Waals surface area contributed by atoms with Gasteiger partial charge in [0, 0.05) is 0 Å². The smallest absolute Gasteiger partial charge is 0.122 e. The lowest BCUT2D eigenvalue weighted by molar-refractivity contribution is 0.411. The van der Waals surface area contributed by atoms with E-state index in [1.165, 1.54) is 16.7 Å². The van der Waals surface area contributed by atoms with Crippen molar-refractivity contribution >= 4 is 6.08 Å². The molecule has 0 bridgehead atoms. The lowest BCUT2D eigenvalue weighted by Gasteiger charge is -2.09. The van der Waals surface area contributed by atoms with E-state index < -0.39 is 0 Å². The quantitative estimate of drug-likeness (QED) is 0.772. The summed E-state index contributed by atoms with van der Waals surface area (Å²) in [4.78, 5) is 0. The Labute approximate surface area is 98.1 Å². The van der Waals surface area contributed by atoms with E-state index in [9.17, 15) is 0 Å². The number of hydrogen-bond acceptors (Lipinski definition) is 2. The van der Waals surface area contributed by atoms with Crippen LogP contribution in [0.15, 0.2) is 18.2 Å². The third kappa shape index (κ3) is 3.11. The summed E-state index contributed by atoms with van der Waals surface area (Å²) in [6.07, 6.45) is 6.43. The molecule has 1 rings (SSSR count). The predicted molar refractivity (Wildman–Crippen MR) is 69.8 cm³/mol. The normalized spacial score (nSPS) is 11.0. The monoisotopic (exact) mass is 219 g/mol. The highest BCUT2D eigenvalue weighted by Crippen LogP contribution is 2.24. The fourth-order valence-corrected chi connectivity index (χ4v) is 1.66. The second kappa shape index (κ2) is 6.33. The highest BCUT2D eigenvalue weighted by atomic mass is 16.5. The average molecular weight is 219 g/mol. The first-order chi connectivity index (χ1) is 7.70. The third-order valence-electron chi connectivity index (χ3n) is 2.87. The molecular formula is C14H21NO. The Kier molecular flexibility index (Phi) is 5.06. The van der Waals surface area contributed by atoms with Gasteiger partial charge in [0.15, 0.2) is 0 Å². The van der Waals surface area contributed by atoms with Crippen molar-refractivity contribution in [2.24, 2.45) is 5.73 Å². The SMILES string of the molecule is COc1ccc(/C=C/CCCN)c(C)c1C. The van der Waals surface area contributed by atoms with E-state index in [0.717, 1.165) is 25.1 Å². The number of allylic oxidation sites excluding steroid dienone is 1. The highest BCUT2D eigenvalue weighted by Gasteiger charge is 2.03.